The van der Waals surface area contributed by atoms with E-state index in [-0.39, 0.29) is 5.82 Å². The van der Waals surface area contributed by atoms with Gasteiger partial charge in [-0.1, -0.05) is 0 Å². The molecule has 1 atom stereocenters. The second-order valence-electron chi connectivity index (χ2n) is 4.55. The van der Waals surface area contributed by atoms with Gasteiger partial charge in [0.1, 0.15) is 5.82 Å². The number of aromatic nitrogens is 1. The Bertz CT molecular complexity index is 524. The molecule has 2 heterocycles. The molecule has 84 valence electrons. The van der Waals surface area contributed by atoms with Gasteiger partial charge in [-0.05, 0) is 42.6 Å². The van der Waals surface area contributed by atoms with E-state index in [2.05, 4.69) is 16.1 Å². The Kier molecular flexibility index (Phi) is 2.21. The van der Waals surface area contributed by atoms with Crippen molar-refractivity contribution in [1.29, 1.82) is 0 Å². The van der Waals surface area contributed by atoms with Crippen molar-refractivity contribution in [2.45, 2.75) is 12.3 Å². The minimum absolute atomic E-state index is 0.147. The van der Waals surface area contributed by atoms with Crippen LogP contribution in [0.1, 0.15) is 17.9 Å². The zero-order chi connectivity index (χ0) is 11.1. The van der Waals surface area contributed by atoms with Crippen LogP contribution >= 0.6 is 0 Å². The zero-order valence-corrected chi connectivity index (χ0v) is 9.33. The van der Waals surface area contributed by atoms with Gasteiger partial charge in [0.15, 0.2) is 0 Å². The Morgan fingerprint density at radius 3 is 3.06 bits per heavy atom. The Morgan fingerprint density at radius 1 is 1.44 bits per heavy atom. The average Bonchev–Trinajstić information content (AvgIpc) is 2.86. The molecule has 1 aliphatic heterocycles. The van der Waals surface area contributed by atoms with E-state index in [0.717, 1.165) is 30.4 Å². The maximum Gasteiger partial charge on any atom is 0.123 e. The summed E-state index contributed by atoms with van der Waals surface area (Å²) in [6.07, 6.45) is 3.29. The monoisotopic (exact) mass is 218 g/mol. The van der Waals surface area contributed by atoms with E-state index in [0.29, 0.717) is 5.92 Å². The van der Waals surface area contributed by atoms with Crippen LogP contribution < -0.4 is 5.32 Å². The van der Waals surface area contributed by atoms with Crippen molar-refractivity contribution in [2.75, 3.05) is 13.1 Å². The summed E-state index contributed by atoms with van der Waals surface area (Å²) in [4.78, 5) is 0. The summed E-state index contributed by atoms with van der Waals surface area (Å²) in [5.41, 5.74) is 2.39. The van der Waals surface area contributed by atoms with E-state index < -0.39 is 0 Å². The van der Waals surface area contributed by atoms with Gasteiger partial charge in [0, 0.05) is 30.7 Å². The largest absolute Gasteiger partial charge is 0.350 e. The molecule has 1 aliphatic rings. The Balaban J connectivity index is 2.19. The third-order valence-corrected chi connectivity index (χ3v) is 3.48. The van der Waals surface area contributed by atoms with Crippen LogP contribution in [0.5, 0.6) is 0 Å². The fourth-order valence-corrected chi connectivity index (χ4v) is 2.64. The zero-order valence-electron chi connectivity index (χ0n) is 9.33. The van der Waals surface area contributed by atoms with Crippen molar-refractivity contribution in [1.82, 2.24) is 9.88 Å². The minimum Gasteiger partial charge on any atom is -0.350 e. The molecular weight excluding hydrogens is 203 g/mol. The molecule has 0 bridgehead atoms. The normalized spacial score (nSPS) is 20.8. The van der Waals surface area contributed by atoms with Crippen LogP contribution in [0, 0.1) is 5.82 Å². The quantitative estimate of drug-likeness (QED) is 0.777. The van der Waals surface area contributed by atoms with Crippen LogP contribution in [0.2, 0.25) is 0 Å². The number of benzene rings is 1. The van der Waals surface area contributed by atoms with Gasteiger partial charge in [0.2, 0.25) is 0 Å². The maximum absolute atomic E-state index is 13.3. The number of rotatable bonds is 1. The van der Waals surface area contributed by atoms with Gasteiger partial charge < -0.3 is 9.88 Å². The molecule has 0 amide bonds. The van der Waals surface area contributed by atoms with Gasteiger partial charge in [-0.25, -0.2) is 4.39 Å². The van der Waals surface area contributed by atoms with Crippen LogP contribution in [0.25, 0.3) is 10.9 Å². The number of nitrogens with zero attached hydrogens (tertiary/aromatic N) is 1. The van der Waals surface area contributed by atoms with Gasteiger partial charge in [0.25, 0.3) is 0 Å². The Labute approximate surface area is 94.1 Å². The van der Waals surface area contributed by atoms with E-state index in [1.54, 1.807) is 6.07 Å². The summed E-state index contributed by atoms with van der Waals surface area (Å²) < 4.78 is 15.4. The molecule has 1 aromatic carbocycles. The van der Waals surface area contributed by atoms with E-state index in [1.807, 2.05) is 13.1 Å². The van der Waals surface area contributed by atoms with Crippen molar-refractivity contribution in [3.63, 3.8) is 0 Å². The van der Waals surface area contributed by atoms with Gasteiger partial charge >= 0.3 is 0 Å². The number of aryl methyl sites for hydroxylation is 1. The van der Waals surface area contributed by atoms with Crippen molar-refractivity contribution in [3.05, 3.63) is 35.8 Å². The predicted octanol–water partition coefficient (Wildman–Crippen LogP) is 2.39. The lowest BCUT2D eigenvalue weighted by molar-refractivity contribution is 0.629. The number of hydrogen-bond donors (Lipinski definition) is 1. The van der Waals surface area contributed by atoms with Crippen LogP contribution in [0.3, 0.4) is 0 Å². The lowest BCUT2D eigenvalue weighted by Gasteiger charge is -2.06. The van der Waals surface area contributed by atoms with Gasteiger partial charge in [-0.3, -0.25) is 0 Å². The van der Waals surface area contributed by atoms with Crippen molar-refractivity contribution in [2.24, 2.45) is 7.05 Å². The Hall–Kier alpha value is -1.35. The lowest BCUT2D eigenvalue weighted by atomic mass is 9.98. The molecule has 0 saturated carbocycles. The molecule has 1 aromatic heterocycles. The van der Waals surface area contributed by atoms with Crippen molar-refractivity contribution >= 4 is 10.9 Å². The molecule has 0 aliphatic carbocycles. The summed E-state index contributed by atoms with van der Waals surface area (Å²) in [7, 11) is 2.02. The molecule has 16 heavy (non-hydrogen) atoms. The molecule has 1 N–H and O–H groups in total. The number of halogens is 1. The first kappa shape index (κ1) is 9.85. The fourth-order valence-electron chi connectivity index (χ4n) is 2.64. The standard InChI is InChI=1S/C13H15FN2/c1-16-8-12(9-4-5-15-7-9)11-6-10(14)2-3-13(11)16/h2-3,6,8-9,15H,4-5,7H2,1H3. The minimum atomic E-state index is -0.147. The summed E-state index contributed by atoms with van der Waals surface area (Å²) in [6.45, 7) is 2.08. The first-order valence-corrected chi connectivity index (χ1v) is 5.71. The molecule has 2 aromatic rings. The van der Waals surface area contributed by atoms with Gasteiger partial charge in [-0.15, -0.1) is 0 Å². The highest BCUT2D eigenvalue weighted by atomic mass is 19.1. The Morgan fingerprint density at radius 2 is 2.31 bits per heavy atom. The topological polar surface area (TPSA) is 17.0 Å². The molecule has 1 saturated heterocycles. The second-order valence-corrected chi connectivity index (χ2v) is 4.55. The highest BCUT2D eigenvalue weighted by molar-refractivity contribution is 5.84. The SMILES string of the molecule is Cn1cc(C2CCNC2)c2cc(F)ccc21. The van der Waals surface area contributed by atoms with Gasteiger partial charge in [-0.2, -0.15) is 0 Å². The fraction of sp³-hybridized carbons (Fsp3) is 0.385. The molecule has 1 fully saturated rings. The first-order chi connectivity index (χ1) is 7.75. The summed E-state index contributed by atoms with van der Waals surface area (Å²) in [5, 5.41) is 4.42. The number of hydrogen-bond acceptors (Lipinski definition) is 1. The van der Waals surface area contributed by atoms with Crippen molar-refractivity contribution < 1.29 is 4.39 Å². The van der Waals surface area contributed by atoms with Crippen LogP contribution in [-0.2, 0) is 7.05 Å². The number of fused-ring (bicyclic) bond motifs is 1. The highest BCUT2D eigenvalue weighted by Gasteiger charge is 2.20. The second kappa shape index (κ2) is 3.59. The van der Waals surface area contributed by atoms with Gasteiger partial charge in [0.05, 0.1) is 0 Å². The third-order valence-electron chi connectivity index (χ3n) is 3.48. The van der Waals surface area contributed by atoms with E-state index in [4.69, 9.17) is 0 Å². The molecular formula is C13H15FN2. The van der Waals surface area contributed by atoms with Crippen LogP contribution in [0.15, 0.2) is 24.4 Å². The first-order valence-electron chi connectivity index (χ1n) is 5.71. The maximum atomic E-state index is 13.3. The predicted molar refractivity (Wildman–Crippen MR) is 63.1 cm³/mol. The van der Waals surface area contributed by atoms with E-state index in [1.165, 1.54) is 11.6 Å². The molecule has 3 heteroatoms. The molecule has 0 spiro atoms. The summed E-state index contributed by atoms with van der Waals surface area (Å²) >= 11 is 0. The summed E-state index contributed by atoms with van der Waals surface area (Å²) in [5.74, 6) is 0.386. The summed E-state index contributed by atoms with van der Waals surface area (Å²) in [6, 6.07) is 5.04. The molecule has 3 rings (SSSR count). The van der Waals surface area contributed by atoms with E-state index in [9.17, 15) is 4.39 Å². The third kappa shape index (κ3) is 1.43. The number of nitrogens with one attached hydrogen (secondary N) is 1. The lowest BCUT2D eigenvalue weighted by Crippen LogP contribution is -2.07. The van der Waals surface area contributed by atoms with Crippen molar-refractivity contribution in [3.8, 4) is 0 Å². The van der Waals surface area contributed by atoms with Crippen LogP contribution in [0.4, 0.5) is 4.39 Å². The molecule has 1 unspecified atom stereocenters. The molecule has 2 nitrogen and oxygen atoms in total. The molecule has 0 radical (unpaired) electrons. The van der Waals surface area contributed by atoms with E-state index >= 15 is 0 Å². The smallest absolute Gasteiger partial charge is 0.123 e. The highest BCUT2D eigenvalue weighted by Crippen LogP contribution is 2.31. The average molecular weight is 218 g/mol. The van der Waals surface area contributed by atoms with Crippen LogP contribution in [-0.4, -0.2) is 17.7 Å².